The highest BCUT2D eigenvalue weighted by Gasteiger charge is 2.19. The first-order valence-corrected chi connectivity index (χ1v) is 8.86. The van der Waals surface area contributed by atoms with Gasteiger partial charge in [0.2, 0.25) is 0 Å². The Bertz CT molecular complexity index is 332. The van der Waals surface area contributed by atoms with Crippen LogP contribution in [0, 0.1) is 0 Å². The molecule has 0 radical (unpaired) electrons. The van der Waals surface area contributed by atoms with Crippen molar-refractivity contribution in [2.24, 2.45) is 0 Å². The molecule has 0 spiro atoms. The van der Waals surface area contributed by atoms with Crippen LogP contribution in [0.1, 0.15) is 44.1 Å². The summed E-state index contributed by atoms with van der Waals surface area (Å²) < 4.78 is 0. The van der Waals surface area contributed by atoms with E-state index in [1.807, 2.05) is 0 Å². The predicted molar refractivity (Wildman–Crippen MR) is 87.0 cm³/mol. The fraction of sp³-hybridized carbons (Fsp3) is 0.647. The molecule has 1 aliphatic rings. The Balaban J connectivity index is 1.76. The van der Waals surface area contributed by atoms with Crippen molar-refractivity contribution in [3.05, 3.63) is 35.9 Å². The van der Waals surface area contributed by atoms with Gasteiger partial charge >= 0.3 is 0 Å². The summed E-state index contributed by atoms with van der Waals surface area (Å²) in [6.45, 7) is 2.46. The summed E-state index contributed by atoms with van der Waals surface area (Å²) in [4.78, 5) is 2.72. The second-order valence-corrected chi connectivity index (χ2v) is 6.40. The molecule has 0 atom stereocenters. The summed E-state index contributed by atoms with van der Waals surface area (Å²) in [6.07, 6.45) is 9.64. The molecule has 0 unspecified atom stereocenters. The molecule has 0 saturated heterocycles. The molecule has 1 nitrogen and oxygen atoms in total. The number of halogens is 1. The lowest BCUT2D eigenvalue weighted by Crippen LogP contribution is -2.38. The van der Waals surface area contributed by atoms with Gasteiger partial charge in [0, 0.05) is 17.9 Å². The third kappa shape index (κ3) is 5.27. The summed E-state index contributed by atoms with van der Waals surface area (Å²) >= 11 is 3.61. The molecular formula is C17H26BrN. The first kappa shape index (κ1) is 15.1. The maximum atomic E-state index is 3.61. The average Bonchev–Trinajstić information content (AvgIpc) is 2.48. The highest BCUT2D eigenvalue weighted by atomic mass is 79.9. The zero-order valence-corrected chi connectivity index (χ0v) is 13.4. The molecule has 0 bridgehead atoms. The van der Waals surface area contributed by atoms with Gasteiger partial charge in [0.1, 0.15) is 0 Å². The van der Waals surface area contributed by atoms with E-state index < -0.39 is 0 Å². The zero-order valence-electron chi connectivity index (χ0n) is 11.9. The van der Waals surface area contributed by atoms with Crippen molar-refractivity contribution in [2.75, 3.05) is 18.4 Å². The molecule has 0 heterocycles. The van der Waals surface area contributed by atoms with E-state index >= 15 is 0 Å². The zero-order chi connectivity index (χ0) is 13.3. The maximum Gasteiger partial charge on any atom is 0.0159 e. The van der Waals surface area contributed by atoms with Crippen molar-refractivity contribution in [3.8, 4) is 0 Å². The van der Waals surface area contributed by atoms with Crippen LogP contribution in [0.3, 0.4) is 0 Å². The average molecular weight is 324 g/mol. The molecule has 1 fully saturated rings. The lowest BCUT2D eigenvalue weighted by molar-refractivity contribution is 0.164. The number of nitrogens with zero attached hydrogens (tertiary/aromatic N) is 1. The minimum atomic E-state index is 0.849. The second-order valence-electron chi connectivity index (χ2n) is 5.61. The molecule has 106 valence electrons. The fourth-order valence-corrected chi connectivity index (χ4v) is 3.62. The monoisotopic (exact) mass is 323 g/mol. The Morgan fingerprint density at radius 1 is 1.00 bits per heavy atom. The van der Waals surface area contributed by atoms with E-state index in [1.165, 1.54) is 63.6 Å². The van der Waals surface area contributed by atoms with E-state index in [4.69, 9.17) is 0 Å². The molecule has 2 heteroatoms. The smallest absolute Gasteiger partial charge is 0.0159 e. The summed E-state index contributed by atoms with van der Waals surface area (Å²) in [5.41, 5.74) is 1.48. The molecule has 19 heavy (non-hydrogen) atoms. The highest BCUT2D eigenvalue weighted by Crippen LogP contribution is 2.23. The van der Waals surface area contributed by atoms with Crippen molar-refractivity contribution in [2.45, 2.75) is 51.0 Å². The largest absolute Gasteiger partial charge is 0.300 e. The number of hydrogen-bond donors (Lipinski definition) is 0. The van der Waals surface area contributed by atoms with Crippen LogP contribution in [-0.2, 0) is 6.42 Å². The number of alkyl halides is 1. The van der Waals surface area contributed by atoms with Crippen molar-refractivity contribution >= 4 is 15.9 Å². The molecule has 0 N–H and O–H groups in total. The van der Waals surface area contributed by atoms with Crippen LogP contribution in [0.4, 0.5) is 0 Å². The van der Waals surface area contributed by atoms with E-state index in [9.17, 15) is 0 Å². The lowest BCUT2D eigenvalue weighted by atomic mass is 9.94. The summed E-state index contributed by atoms with van der Waals surface area (Å²) in [5.74, 6) is 0. The normalized spacial score (nSPS) is 16.9. The number of hydrogen-bond acceptors (Lipinski definition) is 1. The molecule has 1 aromatic rings. The number of aryl methyl sites for hydroxylation is 1. The van der Waals surface area contributed by atoms with Crippen LogP contribution in [-0.4, -0.2) is 29.4 Å². The Kier molecular flexibility index (Phi) is 6.94. The highest BCUT2D eigenvalue weighted by molar-refractivity contribution is 9.09. The van der Waals surface area contributed by atoms with Gasteiger partial charge in [-0.15, -0.1) is 0 Å². The van der Waals surface area contributed by atoms with Gasteiger partial charge in [-0.1, -0.05) is 65.5 Å². The van der Waals surface area contributed by atoms with Gasteiger partial charge in [-0.2, -0.15) is 0 Å². The summed E-state index contributed by atoms with van der Waals surface area (Å²) in [5, 5.41) is 1.11. The van der Waals surface area contributed by atoms with Crippen molar-refractivity contribution in [1.29, 1.82) is 0 Å². The molecule has 1 aliphatic carbocycles. The molecule has 0 aromatic heterocycles. The molecule has 0 amide bonds. The number of rotatable bonds is 7. The molecule has 2 rings (SSSR count). The Morgan fingerprint density at radius 3 is 2.42 bits per heavy atom. The van der Waals surface area contributed by atoms with E-state index in [-0.39, 0.29) is 0 Å². The van der Waals surface area contributed by atoms with Gasteiger partial charge in [-0.25, -0.2) is 0 Å². The van der Waals surface area contributed by atoms with Gasteiger partial charge in [-0.3, -0.25) is 4.90 Å². The summed E-state index contributed by atoms with van der Waals surface area (Å²) in [6, 6.07) is 11.7. The molecule has 1 saturated carbocycles. The Hall–Kier alpha value is -0.340. The Labute approximate surface area is 126 Å². The van der Waals surface area contributed by atoms with Crippen LogP contribution < -0.4 is 0 Å². The van der Waals surface area contributed by atoms with Gasteiger partial charge in [0.15, 0.2) is 0 Å². The van der Waals surface area contributed by atoms with E-state index in [2.05, 4.69) is 51.2 Å². The van der Waals surface area contributed by atoms with Crippen LogP contribution >= 0.6 is 15.9 Å². The van der Waals surface area contributed by atoms with Crippen LogP contribution in [0.5, 0.6) is 0 Å². The van der Waals surface area contributed by atoms with Gasteiger partial charge in [0.25, 0.3) is 0 Å². The van der Waals surface area contributed by atoms with Crippen molar-refractivity contribution in [3.63, 3.8) is 0 Å². The van der Waals surface area contributed by atoms with E-state index in [1.54, 1.807) is 0 Å². The third-order valence-electron chi connectivity index (χ3n) is 4.22. The van der Waals surface area contributed by atoms with Gasteiger partial charge < -0.3 is 0 Å². The van der Waals surface area contributed by atoms with Crippen molar-refractivity contribution in [1.82, 2.24) is 4.90 Å². The molecule has 1 aromatic carbocycles. The second kappa shape index (κ2) is 8.76. The quantitative estimate of drug-likeness (QED) is 0.660. The minimum absolute atomic E-state index is 0.849. The summed E-state index contributed by atoms with van der Waals surface area (Å²) in [7, 11) is 0. The van der Waals surface area contributed by atoms with E-state index in [0.29, 0.717) is 0 Å². The third-order valence-corrected chi connectivity index (χ3v) is 4.57. The van der Waals surface area contributed by atoms with Crippen molar-refractivity contribution < 1.29 is 0 Å². The maximum absolute atomic E-state index is 3.61. The first-order valence-electron chi connectivity index (χ1n) is 7.74. The van der Waals surface area contributed by atoms with E-state index in [0.717, 1.165) is 11.4 Å². The molecular weight excluding hydrogens is 298 g/mol. The van der Waals surface area contributed by atoms with Gasteiger partial charge in [0.05, 0.1) is 0 Å². The van der Waals surface area contributed by atoms with Crippen LogP contribution in [0.2, 0.25) is 0 Å². The van der Waals surface area contributed by atoms with Crippen LogP contribution in [0.15, 0.2) is 30.3 Å². The topological polar surface area (TPSA) is 3.24 Å². The standard InChI is InChI=1S/C17H26BrN/c18-13-15-19(17-11-5-2-6-12-17)14-7-10-16-8-3-1-4-9-16/h1,3-4,8-9,17H,2,5-7,10-15H2. The van der Waals surface area contributed by atoms with Crippen LogP contribution in [0.25, 0.3) is 0 Å². The first-order chi connectivity index (χ1) is 9.40. The minimum Gasteiger partial charge on any atom is -0.300 e. The SMILES string of the molecule is BrCCN(CCCc1ccccc1)C1CCCCC1. The number of benzene rings is 1. The fourth-order valence-electron chi connectivity index (χ4n) is 3.16. The molecule has 0 aliphatic heterocycles. The lowest BCUT2D eigenvalue weighted by Gasteiger charge is -2.34. The predicted octanol–water partition coefficient (Wildman–Crippen LogP) is 4.65. The van der Waals surface area contributed by atoms with Gasteiger partial charge in [-0.05, 0) is 37.8 Å². The Morgan fingerprint density at radius 2 is 1.74 bits per heavy atom.